The molecule has 0 amide bonds. The zero-order valence-electron chi connectivity index (χ0n) is 13.5. The summed E-state index contributed by atoms with van der Waals surface area (Å²) in [5.74, 6) is 0. The zero-order valence-corrected chi connectivity index (χ0v) is 17.7. The van der Waals surface area contributed by atoms with Gasteiger partial charge in [0.2, 0.25) is 0 Å². The average molecular weight is 363 g/mol. The van der Waals surface area contributed by atoms with Gasteiger partial charge in [0.25, 0.3) is 0 Å². The molecule has 0 aliphatic heterocycles. The standard InChI is InChI=1S/4C2H6.2C2H4.CH3F.3V/c7*1-2;;;/h4*1-2H3;2*1-2H2;1H3;;;. The van der Waals surface area contributed by atoms with Crippen LogP contribution in [0.3, 0.4) is 0 Å². The smallest absolute Gasteiger partial charge is 0.0785 e. The molecule has 0 spiro atoms. The molecule has 0 aromatic carbocycles. The van der Waals surface area contributed by atoms with Crippen molar-refractivity contribution >= 4 is 0 Å². The Balaban J connectivity index is -0.00000000408. The van der Waals surface area contributed by atoms with E-state index in [2.05, 4.69) is 26.3 Å². The second-order valence-electron chi connectivity index (χ2n) is 0. The molecule has 0 N–H and O–H groups in total. The molecule has 0 nitrogen and oxygen atoms in total. The fraction of sp³-hybridized carbons (Fsp3) is 0.692. The van der Waals surface area contributed by atoms with E-state index in [1.807, 2.05) is 55.4 Å². The van der Waals surface area contributed by atoms with Gasteiger partial charge < -0.3 is 0 Å². The van der Waals surface area contributed by atoms with Gasteiger partial charge in [-0.15, -0.1) is 26.3 Å². The van der Waals surface area contributed by atoms with Gasteiger partial charge in [-0.2, -0.15) is 0 Å². The molecule has 0 aromatic heterocycles. The first-order valence-corrected chi connectivity index (χ1v) is 5.38. The van der Waals surface area contributed by atoms with Gasteiger partial charge in [-0.1, -0.05) is 55.4 Å². The maximum absolute atomic E-state index is 9.50. The third kappa shape index (κ3) is 2920. The maximum Gasteiger partial charge on any atom is 0.0785 e. The Morgan fingerprint density at radius 1 is 0.412 bits per heavy atom. The van der Waals surface area contributed by atoms with Crippen LogP contribution >= 0.6 is 0 Å². The molecule has 3 radical (unpaired) electrons. The SMILES string of the molecule is C=C.C=C.CC.CC.CC.CC.CF.[V].[V].[V]. The average Bonchev–Trinajstić information content (AvgIpc) is 2.45. The van der Waals surface area contributed by atoms with Crippen molar-refractivity contribution in [1.29, 1.82) is 0 Å². The summed E-state index contributed by atoms with van der Waals surface area (Å²) in [5.41, 5.74) is 0. The van der Waals surface area contributed by atoms with E-state index < -0.39 is 0 Å². The first-order chi connectivity index (χ1) is 7.00. The molecular weight excluding hydrogens is 328 g/mol. The van der Waals surface area contributed by atoms with E-state index in [4.69, 9.17) is 0 Å². The fourth-order valence-corrected chi connectivity index (χ4v) is 0. The van der Waals surface area contributed by atoms with E-state index in [-0.39, 0.29) is 55.7 Å². The number of halogens is 1. The summed E-state index contributed by atoms with van der Waals surface area (Å²) in [7, 11) is 0.500. The van der Waals surface area contributed by atoms with E-state index in [0.717, 1.165) is 0 Å². The molecule has 109 valence electrons. The molecule has 0 atom stereocenters. The Bertz CT molecular complexity index is 18.6. The minimum absolute atomic E-state index is 0. The second-order valence-corrected chi connectivity index (χ2v) is 0. The summed E-state index contributed by atoms with van der Waals surface area (Å²) in [5, 5.41) is 0. The van der Waals surface area contributed by atoms with Gasteiger partial charge in [-0.25, -0.2) is 0 Å². The molecule has 0 bridgehead atoms. The van der Waals surface area contributed by atoms with Gasteiger partial charge in [0.05, 0.1) is 7.18 Å². The predicted octanol–water partition coefficient (Wildman–Crippen LogP) is 6.29. The van der Waals surface area contributed by atoms with E-state index in [9.17, 15) is 4.39 Å². The van der Waals surface area contributed by atoms with Crippen LogP contribution < -0.4 is 0 Å². The van der Waals surface area contributed by atoms with Crippen molar-refractivity contribution in [2.24, 2.45) is 0 Å². The summed E-state index contributed by atoms with van der Waals surface area (Å²) in [6, 6.07) is 0. The molecule has 0 rings (SSSR count). The van der Waals surface area contributed by atoms with E-state index in [1.165, 1.54) is 0 Å². The Morgan fingerprint density at radius 3 is 0.412 bits per heavy atom. The third-order valence-electron chi connectivity index (χ3n) is 0. The van der Waals surface area contributed by atoms with Crippen molar-refractivity contribution in [1.82, 2.24) is 0 Å². The van der Waals surface area contributed by atoms with Gasteiger partial charge >= 0.3 is 0 Å². The van der Waals surface area contributed by atoms with Crippen LogP contribution in [0, 0.1) is 0 Å². The van der Waals surface area contributed by atoms with Crippen molar-refractivity contribution in [2.75, 3.05) is 7.18 Å². The maximum atomic E-state index is 9.50. The van der Waals surface area contributed by atoms with Crippen LogP contribution in [0.1, 0.15) is 55.4 Å². The first kappa shape index (κ1) is 80.3. The Hall–Kier alpha value is 1.16. The number of alkyl halides is 1. The van der Waals surface area contributed by atoms with Gasteiger partial charge in [0.1, 0.15) is 0 Å². The van der Waals surface area contributed by atoms with Crippen molar-refractivity contribution in [3.63, 3.8) is 0 Å². The van der Waals surface area contributed by atoms with Crippen molar-refractivity contribution < 1.29 is 60.1 Å². The van der Waals surface area contributed by atoms with E-state index in [0.29, 0.717) is 7.18 Å². The molecule has 0 saturated carbocycles. The van der Waals surface area contributed by atoms with Gasteiger partial charge in [-0.05, 0) is 0 Å². The topological polar surface area (TPSA) is 0 Å². The van der Waals surface area contributed by atoms with Gasteiger partial charge in [0, 0.05) is 55.7 Å². The summed E-state index contributed by atoms with van der Waals surface area (Å²) < 4.78 is 9.50. The van der Waals surface area contributed by atoms with Crippen LogP contribution in [0.5, 0.6) is 0 Å². The molecule has 0 aliphatic rings. The molecule has 0 heterocycles. The quantitative estimate of drug-likeness (QED) is 0.444. The molecule has 0 saturated heterocycles. The molecular formula is C13H35FV3. The van der Waals surface area contributed by atoms with E-state index in [1.54, 1.807) is 0 Å². The number of hydrogen-bond acceptors (Lipinski definition) is 0. The number of rotatable bonds is 0. The minimum atomic E-state index is 0. The van der Waals surface area contributed by atoms with Gasteiger partial charge in [-0.3, -0.25) is 4.39 Å². The largest absolute Gasteiger partial charge is 0.255 e. The van der Waals surface area contributed by atoms with Crippen LogP contribution in [0.2, 0.25) is 0 Å². The van der Waals surface area contributed by atoms with Crippen LogP contribution in [0.15, 0.2) is 26.3 Å². The van der Waals surface area contributed by atoms with Crippen LogP contribution in [0.4, 0.5) is 4.39 Å². The molecule has 17 heavy (non-hydrogen) atoms. The normalized spacial score (nSPS) is 2.24. The van der Waals surface area contributed by atoms with Crippen LogP contribution in [-0.2, 0) is 55.7 Å². The Kier molecular flexibility index (Phi) is 15700. The first-order valence-electron chi connectivity index (χ1n) is 5.38. The Morgan fingerprint density at radius 2 is 0.412 bits per heavy atom. The number of hydrogen-bond donors (Lipinski definition) is 0. The van der Waals surface area contributed by atoms with Crippen LogP contribution in [0.25, 0.3) is 0 Å². The van der Waals surface area contributed by atoms with Crippen molar-refractivity contribution in [2.45, 2.75) is 55.4 Å². The predicted molar refractivity (Wildman–Crippen MR) is 74.9 cm³/mol. The monoisotopic (exact) mass is 363 g/mol. The third-order valence-corrected chi connectivity index (χ3v) is 0. The van der Waals surface area contributed by atoms with Gasteiger partial charge in [0.15, 0.2) is 0 Å². The van der Waals surface area contributed by atoms with Crippen LogP contribution in [-0.4, -0.2) is 7.18 Å². The fourth-order valence-electron chi connectivity index (χ4n) is 0. The molecule has 4 heteroatoms. The summed E-state index contributed by atoms with van der Waals surface area (Å²) >= 11 is 0. The molecule has 0 unspecified atom stereocenters. The molecule has 0 aliphatic carbocycles. The molecule has 0 fully saturated rings. The Labute approximate surface area is 148 Å². The van der Waals surface area contributed by atoms with E-state index >= 15 is 0 Å². The molecule has 0 aromatic rings. The summed E-state index contributed by atoms with van der Waals surface area (Å²) in [6.07, 6.45) is 0. The minimum Gasteiger partial charge on any atom is -0.255 e. The van der Waals surface area contributed by atoms with Crippen molar-refractivity contribution in [3.05, 3.63) is 26.3 Å². The zero-order chi connectivity index (χ0) is 14.0. The summed E-state index contributed by atoms with van der Waals surface area (Å²) in [6.45, 7) is 28.0. The van der Waals surface area contributed by atoms with Crippen molar-refractivity contribution in [3.8, 4) is 0 Å². The summed E-state index contributed by atoms with van der Waals surface area (Å²) in [4.78, 5) is 0. The second kappa shape index (κ2) is 3310.